The number of fused-ring (bicyclic) bond motifs is 1. The van der Waals surface area contributed by atoms with Crippen LogP contribution in [0.25, 0.3) is 11.0 Å². The maximum Gasteiger partial charge on any atom is 0.251 e. The Morgan fingerprint density at radius 1 is 1.00 bits per heavy atom. The maximum atomic E-state index is 12.8. The van der Waals surface area contributed by atoms with Crippen LogP contribution in [0.3, 0.4) is 0 Å². The van der Waals surface area contributed by atoms with Gasteiger partial charge in [0.2, 0.25) is 0 Å². The number of hydrogen-bond donors (Lipinski definition) is 1. The van der Waals surface area contributed by atoms with Crippen molar-refractivity contribution in [2.24, 2.45) is 0 Å². The molecule has 0 radical (unpaired) electrons. The second kappa shape index (κ2) is 10.6. The number of rotatable bonds is 9. The van der Waals surface area contributed by atoms with Crippen molar-refractivity contribution in [3.63, 3.8) is 0 Å². The zero-order chi connectivity index (χ0) is 24.1. The topological polar surface area (TPSA) is 56.2 Å². The molecule has 1 unspecified atom stereocenters. The van der Waals surface area contributed by atoms with Crippen molar-refractivity contribution >= 4 is 16.9 Å². The van der Waals surface area contributed by atoms with E-state index in [-0.39, 0.29) is 11.9 Å². The van der Waals surface area contributed by atoms with E-state index in [1.54, 1.807) is 0 Å². The summed E-state index contributed by atoms with van der Waals surface area (Å²) >= 11 is 0. The fourth-order valence-electron chi connectivity index (χ4n) is 4.28. The molecule has 0 spiro atoms. The Kier molecular flexibility index (Phi) is 7.31. The summed E-state index contributed by atoms with van der Waals surface area (Å²) in [5.74, 6) is 2.12. The summed E-state index contributed by atoms with van der Waals surface area (Å²) in [6, 6.07) is 23.7. The average molecular weight is 456 g/mol. The van der Waals surface area contributed by atoms with Gasteiger partial charge in [0.25, 0.3) is 5.91 Å². The van der Waals surface area contributed by atoms with Crippen molar-refractivity contribution in [3.8, 4) is 5.75 Å². The van der Waals surface area contributed by atoms with Crippen LogP contribution in [0.4, 0.5) is 0 Å². The molecule has 4 aromatic rings. The fraction of sp³-hybridized carbons (Fsp3) is 0.310. The minimum atomic E-state index is -0.233. The second-order valence-electron chi connectivity index (χ2n) is 9.07. The van der Waals surface area contributed by atoms with Crippen molar-refractivity contribution in [2.75, 3.05) is 6.61 Å². The standard InChI is InChI=1S/C29H33N3O2/c1-20(2)24-13-5-8-16-27(24)34-18-10-17-32-26-15-7-6-14-25(26)31-28(32)22(4)30-29(33)23-12-9-11-21(3)19-23/h5-9,11-16,19-20,22H,10,17-18H2,1-4H3,(H,30,33). The summed E-state index contributed by atoms with van der Waals surface area (Å²) < 4.78 is 8.34. The monoisotopic (exact) mass is 455 g/mol. The van der Waals surface area contributed by atoms with Gasteiger partial charge >= 0.3 is 0 Å². The van der Waals surface area contributed by atoms with Gasteiger partial charge in [0.15, 0.2) is 0 Å². The molecule has 176 valence electrons. The lowest BCUT2D eigenvalue weighted by molar-refractivity contribution is 0.0937. The number of aryl methyl sites for hydroxylation is 2. The Hall–Kier alpha value is -3.60. The summed E-state index contributed by atoms with van der Waals surface area (Å²) in [6.07, 6.45) is 0.832. The normalized spacial score (nSPS) is 12.1. The first kappa shape index (κ1) is 23.6. The van der Waals surface area contributed by atoms with Crippen LogP contribution in [0.1, 0.15) is 66.5 Å². The molecule has 0 fully saturated rings. The van der Waals surface area contributed by atoms with E-state index in [9.17, 15) is 4.79 Å². The minimum Gasteiger partial charge on any atom is -0.493 e. The summed E-state index contributed by atoms with van der Waals surface area (Å²) in [5, 5.41) is 3.12. The SMILES string of the molecule is Cc1cccc(C(=O)NC(C)c2nc3ccccc3n2CCCOc2ccccc2C(C)C)c1. The van der Waals surface area contributed by atoms with Crippen LogP contribution in [0.5, 0.6) is 5.75 Å². The van der Waals surface area contributed by atoms with E-state index in [1.165, 1.54) is 5.56 Å². The van der Waals surface area contributed by atoms with Gasteiger partial charge in [-0.3, -0.25) is 4.79 Å². The Morgan fingerprint density at radius 3 is 2.56 bits per heavy atom. The van der Waals surface area contributed by atoms with Gasteiger partial charge in [-0.05, 0) is 62.1 Å². The molecule has 5 heteroatoms. The third-order valence-electron chi connectivity index (χ3n) is 6.02. The molecular weight excluding hydrogens is 422 g/mol. The van der Waals surface area contributed by atoms with Crippen molar-refractivity contribution in [1.29, 1.82) is 0 Å². The molecule has 0 aliphatic rings. The van der Waals surface area contributed by atoms with Crippen molar-refractivity contribution in [3.05, 3.63) is 95.3 Å². The number of hydrogen-bond acceptors (Lipinski definition) is 3. The van der Waals surface area contributed by atoms with E-state index < -0.39 is 0 Å². The van der Waals surface area contributed by atoms with Gasteiger partial charge in [0.1, 0.15) is 11.6 Å². The number of imidazole rings is 1. The van der Waals surface area contributed by atoms with E-state index in [2.05, 4.69) is 41.9 Å². The molecule has 34 heavy (non-hydrogen) atoms. The lowest BCUT2D eigenvalue weighted by Gasteiger charge is -2.17. The number of carbonyl (C=O) groups excluding carboxylic acids is 1. The smallest absolute Gasteiger partial charge is 0.251 e. The van der Waals surface area contributed by atoms with E-state index in [4.69, 9.17) is 9.72 Å². The third kappa shape index (κ3) is 5.30. The van der Waals surface area contributed by atoms with Crippen molar-refractivity contribution in [1.82, 2.24) is 14.9 Å². The average Bonchev–Trinajstić information content (AvgIpc) is 3.20. The van der Waals surface area contributed by atoms with Crippen LogP contribution in [-0.4, -0.2) is 22.1 Å². The molecule has 4 rings (SSSR count). The van der Waals surface area contributed by atoms with Crippen LogP contribution in [-0.2, 0) is 6.54 Å². The fourth-order valence-corrected chi connectivity index (χ4v) is 4.28. The maximum absolute atomic E-state index is 12.8. The molecule has 0 saturated carbocycles. The molecule has 0 saturated heterocycles. The number of amides is 1. The number of ether oxygens (including phenoxy) is 1. The van der Waals surface area contributed by atoms with Crippen LogP contribution < -0.4 is 10.1 Å². The third-order valence-corrected chi connectivity index (χ3v) is 6.02. The highest BCUT2D eigenvalue weighted by Gasteiger charge is 2.19. The molecule has 0 aliphatic heterocycles. The van der Waals surface area contributed by atoms with E-state index in [1.807, 2.05) is 68.4 Å². The van der Waals surface area contributed by atoms with E-state index in [0.717, 1.165) is 41.1 Å². The molecular formula is C29H33N3O2. The summed E-state index contributed by atoms with van der Waals surface area (Å²) in [7, 11) is 0. The highest BCUT2D eigenvalue weighted by molar-refractivity contribution is 5.94. The van der Waals surface area contributed by atoms with Gasteiger partial charge in [0, 0.05) is 12.1 Å². The zero-order valence-corrected chi connectivity index (χ0v) is 20.4. The molecule has 1 heterocycles. The van der Waals surface area contributed by atoms with Gasteiger partial charge in [-0.25, -0.2) is 4.98 Å². The first-order chi connectivity index (χ1) is 16.4. The Labute approximate surface area is 201 Å². The largest absolute Gasteiger partial charge is 0.493 e. The molecule has 1 N–H and O–H groups in total. The Morgan fingerprint density at radius 2 is 1.76 bits per heavy atom. The second-order valence-corrected chi connectivity index (χ2v) is 9.07. The van der Waals surface area contributed by atoms with Crippen LogP contribution >= 0.6 is 0 Å². The molecule has 3 aromatic carbocycles. The zero-order valence-electron chi connectivity index (χ0n) is 20.4. The number of carbonyl (C=O) groups is 1. The number of benzene rings is 3. The predicted molar refractivity (Wildman–Crippen MR) is 137 cm³/mol. The van der Waals surface area contributed by atoms with Gasteiger partial charge in [-0.1, -0.05) is 61.9 Å². The van der Waals surface area contributed by atoms with Gasteiger partial charge < -0.3 is 14.6 Å². The van der Waals surface area contributed by atoms with Crippen molar-refractivity contribution in [2.45, 2.75) is 52.6 Å². The number of nitrogens with zero attached hydrogens (tertiary/aromatic N) is 2. The molecule has 1 atom stereocenters. The highest BCUT2D eigenvalue weighted by Crippen LogP contribution is 2.26. The van der Waals surface area contributed by atoms with Crippen LogP contribution in [0.15, 0.2) is 72.8 Å². The number of nitrogens with one attached hydrogen (secondary N) is 1. The Bertz CT molecular complexity index is 1280. The predicted octanol–water partition coefficient (Wildman–Crippen LogP) is 6.43. The minimum absolute atomic E-state index is 0.0940. The quantitative estimate of drug-likeness (QED) is 0.296. The molecule has 1 amide bonds. The van der Waals surface area contributed by atoms with Gasteiger partial charge in [0.05, 0.1) is 23.7 Å². The van der Waals surface area contributed by atoms with Gasteiger partial charge in [-0.15, -0.1) is 0 Å². The van der Waals surface area contributed by atoms with Crippen LogP contribution in [0.2, 0.25) is 0 Å². The molecule has 5 nitrogen and oxygen atoms in total. The van der Waals surface area contributed by atoms with Crippen molar-refractivity contribution < 1.29 is 9.53 Å². The lowest BCUT2D eigenvalue weighted by atomic mass is 10.0. The first-order valence-electron chi connectivity index (χ1n) is 12.0. The number of para-hydroxylation sites is 3. The Balaban J connectivity index is 1.48. The summed E-state index contributed by atoms with van der Waals surface area (Å²) in [6.45, 7) is 9.70. The number of aromatic nitrogens is 2. The molecule has 0 aliphatic carbocycles. The summed E-state index contributed by atoms with van der Waals surface area (Å²) in [5.41, 5.74) is 4.94. The molecule has 0 bridgehead atoms. The van der Waals surface area contributed by atoms with Gasteiger partial charge in [-0.2, -0.15) is 0 Å². The first-order valence-corrected chi connectivity index (χ1v) is 12.0. The van der Waals surface area contributed by atoms with E-state index >= 15 is 0 Å². The van der Waals surface area contributed by atoms with Crippen LogP contribution in [0, 0.1) is 6.92 Å². The lowest BCUT2D eigenvalue weighted by Crippen LogP contribution is -2.29. The van der Waals surface area contributed by atoms with E-state index in [0.29, 0.717) is 18.1 Å². The molecule has 1 aromatic heterocycles. The highest BCUT2D eigenvalue weighted by atomic mass is 16.5. The summed E-state index contributed by atoms with van der Waals surface area (Å²) in [4.78, 5) is 17.7.